The molecule has 43 heavy (non-hydrogen) atoms. The van der Waals surface area contributed by atoms with E-state index in [0.29, 0.717) is 0 Å². The van der Waals surface area contributed by atoms with Gasteiger partial charge in [0.25, 0.3) is 0 Å². The number of nitrogens with zero attached hydrogens (tertiary/aromatic N) is 1. The molecule has 0 amide bonds. The molecule has 6 aromatic rings. The Balaban J connectivity index is 1.49. The maximum Gasteiger partial charge on any atom is 0.330 e. The molecule has 1 heterocycles. The smallest absolute Gasteiger partial charge is 0.330 e. The normalized spacial score (nSPS) is 16.4. The third-order valence-corrected chi connectivity index (χ3v) is 10.6. The zero-order valence-corrected chi connectivity index (χ0v) is 27.1. The molecule has 2 unspecified atom stereocenters. The molecule has 2 nitrogen and oxygen atoms in total. The summed E-state index contributed by atoms with van der Waals surface area (Å²) in [5, 5.41) is 2.46. The number of hydrogen-bond donors (Lipinski definition) is 0. The highest BCUT2D eigenvalue weighted by atomic mass is 31.0. The second-order valence-corrected chi connectivity index (χ2v) is 14.8. The van der Waals surface area contributed by atoms with E-state index in [1.807, 2.05) is 7.48 Å². The number of para-hydroxylation sites is 1. The summed E-state index contributed by atoms with van der Waals surface area (Å²) in [5.41, 5.74) is 12.0. The Morgan fingerprint density at radius 3 is 2.28 bits per heavy atom. The quantitative estimate of drug-likeness (QED) is 0.142. The van der Waals surface area contributed by atoms with Crippen molar-refractivity contribution in [2.45, 2.75) is 57.7 Å². The summed E-state index contributed by atoms with van der Waals surface area (Å²) < 4.78 is 8.84. The molecular formula is C39H38BNOP. The maximum atomic E-state index is 6.38. The minimum absolute atomic E-state index is 0.0775. The van der Waals surface area contributed by atoms with Crippen molar-refractivity contribution in [3.8, 4) is 16.8 Å². The summed E-state index contributed by atoms with van der Waals surface area (Å²) in [6.45, 7) is 13.2. The van der Waals surface area contributed by atoms with Crippen molar-refractivity contribution >= 4 is 44.0 Å². The van der Waals surface area contributed by atoms with Crippen LogP contribution in [0.2, 0.25) is 0 Å². The van der Waals surface area contributed by atoms with Gasteiger partial charge in [0.2, 0.25) is 0 Å². The number of benzene rings is 5. The molecule has 1 aliphatic carbocycles. The van der Waals surface area contributed by atoms with E-state index >= 15 is 0 Å². The highest BCUT2D eigenvalue weighted by Crippen LogP contribution is 2.55. The van der Waals surface area contributed by atoms with Crippen LogP contribution in [0.25, 0.3) is 38.6 Å². The fourth-order valence-electron chi connectivity index (χ4n) is 6.67. The first-order valence-electron chi connectivity index (χ1n) is 15.1. The molecule has 0 N–H and O–H groups in total. The Bertz CT molecular complexity index is 2030. The van der Waals surface area contributed by atoms with Crippen LogP contribution >= 0.6 is 9.24 Å². The van der Waals surface area contributed by atoms with E-state index in [4.69, 9.17) is 4.65 Å². The Hall–Kier alpha value is -3.65. The van der Waals surface area contributed by atoms with E-state index in [0.717, 1.165) is 11.2 Å². The molecule has 0 spiro atoms. The van der Waals surface area contributed by atoms with E-state index in [1.165, 1.54) is 55.2 Å². The third kappa shape index (κ3) is 4.32. The fourth-order valence-corrected chi connectivity index (χ4v) is 6.74. The summed E-state index contributed by atoms with van der Waals surface area (Å²) in [7, 11) is 4.84. The molecule has 0 saturated carbocycles. The zero-order valence-electron chi connectivity index (χ0n) is 25.9. The van der Waals surface area contributed by atoms with E-state index in [2.05, 4.69) is 165 Å². The second-order valence-electron chi connectivity index (χ2n) is 13.3. The lowest BCUT2D eigenvalue weighted by Gasteiger charge is -2.39. The Kier molecular flexibility index (Phi) is 6.51. The van der Waals surface area contributed by atoms with E-state index in [-0.39, 0.29) is 16.2 Å². The minimum atomic E-state index is -0.342. The molecule has 0 fully saturated rings. The molecule has 0 aliphatic heterocycles. The van der Waals surface area contributed by atoms with Crippen molar-refractivity contribution in [2.24, 2.45) is 0 Å². The lowest BCUT2D eigenvalue weighted by atomic mass is 9.74. The average molecular weight is 579 g/mol. The first-order chi connectivity index (χ1) is 20.5. The van der Waals surface area contributed by atoms with Crippen LogP contribution in [0, 0.1) is 6.92 Å². The maximum absolute atomic E-state index is 6.38. The first-order valence-corrected chi connectivity index (χ1v) is 15.7. The van der Waals surface area contributed by atoms with Crippen molar-refractivity contribution in [3.63, 3.8) is 0 Å². The van der Waals surface area contributed by atoms with Crippen LogP contribution in [0.3, 0.4) is 0 Å². The fraction of sp³-hybridized carbons (Fsp3) is 0.231. The summed E-state index contributed by atoms with van der Waals surface area (Å²) in [4.78, 5) is 0. The molecule has 1 radical (unpaired) electrons. The average Bonchev–Trinajstić information content (AvgIpc) is 3.46. The van der Waals surface area contributed by atoms with Crippen molar-refractivity contribution in [1.29, 1.82) is 0 Å². The van der Waals surface area contributed by atoms with Gasteiger partial charge in [-0.3, -0.25) is 0 Å². The molecule has 0 saturated heterocycles. The van der Waals surface area contributed by atoms with Crippen molar-refractivity contribution in [2.75, 3.05) is 0 Å². The molecule has 4 heteroatoms. The van der Waals surface area contributed by atoms with Gasteiger partial charge in [-0.25, -0.2) is 0 Å². The van der Waals surface area contributed by atoms with Gasteiger partial charge in [-0.2, -0.15) is 0 Å². The molecule has 5 aromatic carbocycles. The lowest BCUT2D eigenvalue weighted by molar-refractivity contribution is 0.0841. The molecule has 1 aromatic heterocycles. The highest BCUT2D eigenvalue weighted by Gasteiger charge is 2.42. The number of fused-ring (bicyclic) bond motifs is 7. The number of aryl methyl sites for hydroxylation is 1. The summed E-state index contributed by atoms with van der Waals surface area (Å²) in [6.07, 6.45) is 0. The SMILES string of the molecule is Cc1cccc(C2(C)c3ccccc3-c3c2ccc2c4ccccc4n(-c4cccc([B]OC(C)(C)C(C)(C)P)c4)c32)c1. The number of aromatic nitrogens is 1. The van der Waals surface area contributed by atoms with Crippen LogP contribution in [-0.2, 0) is 10.1 Å². The van der Waals surface area contributed by atoms with Gasteiger partial charge in [0.05, 0.1) is 16.6 Å². The topological polar surface area (TPSA) is 14.2 Å². The summed E-state index contributed by atoms with van der Waals surface area (Å²) in [5.74, 6) is 0. The van der Waals surface area contributed by atoms with Crippen LogP contribution < -0.4 is 5.46 Å². The highest BCUT2D eigenvalue weighted by molar-refractivity contribution is 7.19. The summed E-state index contributed by atoms with van der Waals surface area (Å²) >= 11 is 0. The van der Waals surface area contributed by atoms with Gasteiger partial charge >= 0.3 is 7.48 Å². The monoisotopic (exact) mass is 578 g/mol. The largest absolute Gasteiger partial charge is 0.429 e. The van der Waals surface area contributed by atoms with Crippen LogP contribution in [-0.4, -0.2) is 22.8 Å². The van der Waals surface area contributed by atoms with Gasteiger partial charge in [-0.05, 0) is 68.1 Å². The standard InChI is InChI=1S/C39H38BNOP/c1-25-13-11-14-26(23-25)39(6)32-19-9-7-18-31(32)35-33(39)22-21-30-29-17-8-10-20-34(29)41(36(30)35)28-16-12-15-27(24-28)40-42-37(2,3)38(4,5)43/h7-24H,43H2,1-6H3. The second kappa shape index (κ2) is 9.95. The number of hydrogen-bond acceptors (Lipinski definition) is 1. The van der Waals surface area contributed by atoms with E-state index in [1.54, 1.807) is 0 Å². The van der Waals surface area contributed by atoms with Crippen LogP contribution in [0.4, 0.5) is 0 Å². The first kappa shape index (κ1) is 28.1. The van der Waals surface area contributed by atoms with Gasteiger partial charge < -0.3 is 9.22 Å². The van der Waals surface area contributed by atoms with Gasteiger partial charge in [-0.1, -0.05) is 116 Å². The minimum Gasteiger partial charge on any atom is -0.429 e. The predicted molar refractivity (Wildman–Crippen MR) is 187 cm³/mol. The van der Waals surface area contributed by atoms with E-state index < -0.39 is 0 Å². The molecule has 0 bridgehead atoms. The van der Waals surface area contributed by atoms with Crippen molar-refractivity contribution in [3.05, 3.63) is 131 Å². The molecular weight excluding hydrogens is 540 g/mol. The van der Waals surface area contributed by atoms with Gasteiger partial charge in [-0.15, -0.1) is 9.24 Å². The van der Waals surface area contributed by atoms with Gasteiger partial charge in [0.1, 0.15) is 0 Å². The Morgan fingerprint density at radius 2 is 1.49 bits per heavy atom. The lowest BCUT2D eigenvalue weighted by Crippen LogP contribution is -2.45. The van der Waals surface area contributed by atoms with E-state index in [9.17, 15) is 0 Å². The van der Waals surface area contributed by atoms with Crippen molar-refractivity contribution < 1.29 is 4.65 Å². The van der Waals surface area contributed by atoms with Crippen LogP contribution in [0.15, 0.2) is 109 Å². The van der Waals surface area contributed by atoms with Gasteiger partial charge in [0, 0.05) is 32.6 Å². The Morgan fingerprint density at radius 1 is 0.744 bits per heavy atom. The Labute approximate surface area is 258 Å². The molecule has 213 valence electrons. The predicted octanol–water partition coefficient (Wildman–Crippen LogP) is 9.12. The van der Waals surface area contributed by atoms with Gasteiger partial charge in [0.15, 0.2) is 0 Å². The van der Waals surface area contributed by atoms with Crippen molar-refractivity contribution in [1.82, 2.24) is 4.57 Å². The summed E-state index contributed by atoms with van der Waals surface area (Å²) in [6, 6.07) is 40.2. The zero-order chi connectivity index (χ0) is 30.1. The molecule has 1 aliphatic rings. The third-order valence-electron chi connectivity index (χ3n) is 9.88. The van der Waals surface area contributed by atoms with Crippen LogP contribution in [0.1, 0.15) is 56.9 Å². The molecule has 2 atom stereocenters. The molecule has 7 rings (SSSR count). The van der Waals surface area contributed by atoms with Crippen LogP contribution in [0.5, 0.6) is 0 Å². The number of rotatable bonds is 6.